The van der Waals surface area contributed by atoms with Gasteiger partial charge < -0.3 is 10.6 Å². The second kappa shape index (κ2) is 6.11. The predicted molar refractivity (Wildman–Crippen MR) is 97.0 cm³/mol. The van der Waals surface area contributed by atoms with Crippen LogP contribution in [0.1, 0.15) is 15.9 Å². The third-order valence-corrected chi connectivity index (χ3v) is 4.60. The minimum Gasteiger partial charge on any atom is -0.366 e. The highest BCUT2D eigenvalue weighted by atomic mass is 16.2. The molecule has 0 saturated carbocycles. The first-order valence-electron chi connectivity index (χ1n) is 8.22. The van der Waals surface area contributed by atoms with Gasteiger partial charge in [-0.15, -0.1) is 0 Å². The Bertz CT molecular complexity index is 1100. The predicted octanol–water partition coefficient (Wildman–Crippen LogP) is 1.08. The first kappa shape index (κ1) is 16.0. The van der Waals surface area contributed by atoms with Gasteiger partial charge in [-0.3, -0.25) is 19.0 Å². The SMILES string of the molecule is NC(=O)c1ccc2c(=O)n(CC(=O)N3CCc4ccccc43)cnc2c1. The van der Waals surface area contributed by atoms with E-state index < -0.39 is 5.91 Å². The van der Waals surface area contributed by atoms with E-state index in [1.54, 1.807) is 4.90 Å². The van der Waals surface area contributed by atoms with Crippen molar-refractivity contribution in [2.24, 2.45) is 5.73 Å². The first-order valence-corrected chi connectivity index (χ1v) is 8.22. The van der Waals surface area contributed by atoms with Crippen LogP contribution < -0.4 is 16.2 Å². The number of hydrogen-bond donors (Lipinski definition) is 1. The van der Waals surface area contributed by atoms with Gasteiger partial charge in [-0.25, -0.2) is 4.98 Å². The van der Waals surface area contributed by atoms with Gasteiger partial charge in [-0.2, -0.15) is 0 Å². The number of primary amides is 1. The van der Waals surface area contributed by atoms with Crippen molar-refractivity contribution in [2.75, 3.05) is 11.4 Å². The van der Waals surface area contributed by atoms with E-state index in [2.05, 4.69) is 4.98 Å². The molecule has 3 aromatic rings. The van der Waals surface area contributed by atoms with E-state index in [0.717, 1.165) is 17.7 Å². The number of carbonyl (C=O) groups excluding carboxylic acids is 2. The molecule has 0 aliphatic carbocycles. The van der Waals surface area contributed by atoms with E-state index in [9.17, 15) is 14.4 Å². The number of rotatable bonds is 3. The van der Waals surface area contributed by atoms with Crippen molar-refractivity contribution in [1.29, 1.82) is 0 Å². The molecule has 2 heterocycles. The van der Waals surface area contributed by atoms with E-state index in [-0.39, 0.29) is 23.6 Å². The van der Waals surface area contributed by atoms with Crippen LogP contribution >= 0.6 is 0 Å². The van der Waals surface area contributed by atoms with Crippen molar-refractivity contribution >= 4 is 28.4 Å². The molecule has 1 aliphatic rings. The lowest BCUT2D eigenvalue weighted by Gasteiger charge is -2.18. The number of hydrogen-bond acceptors (Lipinski definition) is 4. The molecule has 0 unspecified atom stereocenters. The quantitative estimate of drug-likeness (QED) is 0.766. The van der Waals surface area contributed by atoms with Crippen LogP contribution in [-0.4, -0.2) is 27.9 Å². The molecule has 2 N–H and O–H groups in total. The van der Waals surface area contributed by atoms with Crippen LogP contribution in [0.5, 0.6) is 0 Å². The van der Waals surface area contributed by atoms with E-state index in [1.165, 1.54) is 29.1 Å². The fraction of sp³-hybridized carbons (Fsp3) is 0.158. The number of amides is 2. The maximum atomic E-state index is 12.7. The highest BCUT2D eigenvalue weighted by molar-refractivity contribution is 5.97. The lowest BCUT2D eigenvalue weighted by molar-refractivity contribution is -0.119. The lowest BCUT2D eigenvalue weighted by atomic mass is 10.1. The van der Waals surface area contributed by atoms with Gasteiger partial charge >= 0.3 is 0 Å². The molecule has 0 fully saturated rings. The van der Waals surface area contributed by atoms with Crippen molar-refractivity contribution in [3.63, 3.8) is 0 Å². The van der Waals surface area contributed by atoms with Crippen LogP contribution in [0.3, 0.4) is 0 Å². The molecule has 4 rings (SSSR count). The molecule has 130 valence electrons. The van der Waals surface area contributed by atoms with Gasteiger partial charge in [0.25, 0.3) is 5.56 Å². The molecule has 0 radical (unpaired) electrons. The zero-order valence-electron chi connectivity index (χ0n) is 13.9. The molecule has 0 atom stereocenters. The van der Waals surface area contributed by atoms with E-state index in [4.69, 9.17) is 5.73 Å². The van der Waals surface area contributed by atoms with E-state index >= 15 is 0 Å². The Morgan fingerprint density at radius 3 is 2.77 bits per heavy atom. The number of benzene rings is 2. The molecule has 0 saturated heterocycles. The molecular weight excluding hydrogens is 332 g/mol. The Balaban J connectivity index is 1.65. The van der Waals surface area contributed by atoms with Crippen LogP contribution in [0, 0.1) is 0 Å². The molecule has 2 amide bonds. The molecule has 26 heavy (non-hydrogen) atoms. The zero-order valence-corrected chi connectivity index (χ0v) is 13.9. The average molecular weight is 348 g/mol. The molecule has 0 spiro atoms. The molecular formula is C19H16N4O3. The third kappa shape index (κ3) is 2.63. The molecule has 1 aromatic heterocycles. The summed E-state index contributed by atoms with van der Waals surface area (Å²) in [5.74, 6) is -0.743. The standard InChI is InChI=1S/C19H16N4O3/c20-18(25)13-5-6-14-15(9-13)21-11-22(19(14)26)10-17(24)23-8-7-12-3-1-2-4-16(12)23/h1-6,9,11H,7-8,10H2,(H2,20,25). The van der Waals surface area contributed by atoms with E-state index in [1.807, 2.05) is 24.3 Å². The first-order chi connectivity index (χ1) is 12.5. The monoisotopic (exact) mass is 348 g/mol. The number of aromatic nitrogens is 2. The minimum atomic E-state index is -0.583. The number of carbonyl (C=O) groups is 2. The second-order valence-electron chi connectivity index (χ2n) is 6.20. The summed E-state index contributed by atoms with van der Waals surface area (Å²) in [5, 5.41) is 0.340. The molecule has 2 aromatic carbocycles. The van der Waals surface area contributed by atoms with Crippen molar-refractivity contribution in [1.82, 2.24) is 9.55 Å². The van der Waals surface area contributed by atoms with Crippen LogP contribution in [0.4, 0.5) is 5.69 Å². The Kier molecular flexibility index (Phi) is 3.76. The van der Waals surface area contributed by atoms with Crippen LogP contribution in [0.2, 0.25) is 0 Å². The van der Waals surface area contributed by atoms with Crippen molar-refractivity contribution in [2.45, 2.75) is 13.0 Å². The second-order valence-corrected chi connectivity index (χ2v) is 6.20. The molecule has 7 heteroatoms. The van der Waals surface area contributed by atoms with Crippen LogP contribution in [0.15, 0.2) is 53.6 Å². The lowest BCUT2D eigenvalue weighted by Crippen LogP contribution is -2.35. The fourth-order valence-corrected chi connectivity index (χ4v) is 3.25. The van der Waals surface area contributed by atoms with Crippen molar-refractivity contribution < 1.29 is 9.59 Å². The Labute approximate surface area is 148 Å². The summed E-state index contributed by atoms with van der Waals surface area (Å²) in [6, 6.07) is 12.2. The number of para-hydroxylation sites is 1. The summed E-state index contributed by atoms with van der Waals surface area (Å²) >= 11 is 0. The minimum absolute atomic E-state index is 0.0896. The number of nitrogens with two attached hydrogens (primary N) is 1. The van der Waals surface area contributed by atoms with Gasteiger partial charge in [0, 0.05) is 17.8 Å². The average Bonchev–Trinajstić information content (AvgIpc) is 3.08. The van der Waals surface area contributed by atoms with Crippen LogP contribution in [-0.2, 0) is 17.8 Å². The van der Waals surface area contributed by atoms with Gasteiger partial charge in [-0.05, 0) is 36.2 Å². The Morgan fingerprint density at radius 2 is 1.96 bits per heavy atom. The normalized spacial score (nSPS) is 13.0. The summed E-state index contributed by atoms with van der Waals surface area (Å²) < 4.78 is 1.29. The van der Waals surface area contributed by atoms with E-state index in [0.29, 0.717) is 17.4 Å². The maximum Gasteiger partial charge on any atom is 0.261 e. The summed E-state index contributed by atoms with van der Waals surface area (Å²) in [6.45, 7) is 0.517. The largest absolute Gasteiger partial charge is 0.366 e. The summed E-state index contributed by atoms with van der Waals surface area (Å²) in [4.78, 5) is 42.5. The number of nitrogens with zero attached hydrogens (tertiary/aromatic N) is 3. The van der Waals surface area contributed by atoms with Gasteiger partial charge in [0.15, 0.2) is 0 Å². The van der Waals surface area contributed by atoms with Gasteiger partial charge in [-0.1, -0.05) is 18.2 Å². The molecule has 1 aliphatic heterocycles. The maximum absolute atomic E-state index is 12.7. The fourth-order valence-electron chi connectivity index (χ4n) is 3.25. The summed E-state index contributed by atoms with van der Waals surface area (Å²) in [7, 11) is 0. The zero-order chi connectivity index (χ0) is 18.3. The summed E-state index contributed by atoms with van der Waals surface area (Å²) in [6.07, 6.45) is 2.14. The third-order valence-electron chi connectivity index (χ3n) is 4.60. The van der Waals surface area contributed by atoms with Crippen molar-refractivity contribution in [3.05, 3.63) is 70.3 Å². The molecule has 0 bridgehead atoms. The van der Waals surface area contributed by atoms with Crippen molar-refractivity contribution in [3.8, 4) is 0 Å². The van der Waals surface area contributed by atoms with Gasteiger partial charge in [0.05, 0.1) is 17.2 Å². The number of fused-ring (bicyclic) bond motifs is 2. The molecule has 7 nitrogen and oxygen atoms in total. The highest BCUT2D eigenvalue weighted by Gasteiger charge is 2.24. The smallest absolute Gasteiger partial charge is 0.261 e. The topological polar surface area (TPSA) is 98.3 Å². The van der Waals surface area contributed by atoms with Gasteiger partial charge in [0.1, 0.15) is 6.54 Å². The summed E-state index contributed by atoms with van der Waals surface area (Å²) in [5.41, 5.74) is 7.60. The van der Waals surface area contributed by atoms with Gasteiger partial charge in [0.2, 0.25) is 11.8 Å². The van der Waals surface area contributed by atoms with Crippen LogP contribution in [0.25, 0.3) is 10.9 Å². The highest BCUT2D eigenvalue weighted by Crippen LogP contribution is 2.27. The Morgan fingerprint density at radius 1 is 1.15 bits per heavy atom. The Hall–Kier alpha value is -3.48. The number of anilines is 1.